The van der Waals surface area contributed by atoms with E-state index in [2.05, 4.69) is 9.46 Å². The second-order valence-electron chi connectivity index (χ2n) is 8.25. The Balaban J connectivity index is 2.14. The predicted molar refractivity (Wildman–Crippen MR) is 125 cm³/mol. The maximum Gasteiger partial charge on any atom is 0.453 e. The summed E-state index contributed by atoms with van der Waals surface area (Å²) in [5, 5.41) is 0.332. The largest absolute Gasteiger partial charge is 0.469 e. The first-order valence-corrected chi connectivity index (χ1v) is 13.0. The summed E-state index contributed by atoms with van der Waals surface area (Å²) >= 11 is 5.81. The Morgan fingerprint density at radius 1 is 0.972 bits per heavy atom. The Hall–Kier alpha value is -2.24. The average Bonchev–Trinajstić information content (AvgIpc) is 2.81. The fourth-order valence-corrected chi connectivity index (χ4v) is 4.84. The number of alkyl halides is 5. The van der Waals surface area contributed by atoms with Crippen molar-refractivity contribution in [3.05, 3.63) is 64.7 Å². The van der Waals surface area contributed by atoms with Crippen LogP contribution >= 0.6 is 11.6 Å². The number of sulfonamides is 1. The molecule has 0 aromatic heterocycles. The smallest absolute Gasteiger partial charge is 0.453 e. The van der Waals surface area contributed by atoms with Gasteiger partial charge in [-0.3, -0.25) is 4.79 Å². The normalized spacial score (nSPS) is 13.4. The molecule has 0 aliphatic rings. The van der Waals surface area contributed by atoms with Crippen LogP contribution in [0.25, 0.3) is 0 Å². The third-order valence-corrected chi connectivity index (χ3v) is 7.27. The fourth-order valence-electron chi connectivity index (χ4n) is 3.46. The van der Waals surface area contributed by atoms with Gasteiger partial charge >= 0.3 is 18.1 Å². The fraction of sp³-hybridized carbons (Fsp3) is 0.458. The second kappa shape index (κ2) is 12.8. The lowest BCUT2D eigenvalue weighted by Gasteiger charge is -2.22. The highest BCUT2D eigenvalue weighted by Gasteiger charge is 2.56. The van der Waals surface area contributed by atoms with Gasteiger partial charge < -0.3 is 4.74 Å². The zero-order valence-corrected chi connectivity index (χ0v) is 21.0. The van der Waals surface area contributed by atoms with Crippen molar-refractivity contribution < 1.29 is 39.9 Å². The van der Waals surface area contributed by atoms with E-state index in [9.17, 15) is 35.2 Å². The number of unbranched alkanes of at least 4 members (excludes halogenated alkanes) is 1. The van der Waals surface area contributed by atoms with Crippen LogP contribution in [-0.4, -0.2) is 33.6 Å². The number of nitrogens with one attached hydrogen (secondary N) is 1. The summed E-state index contributed by atoms with van der Waals surface area (Å²) in [5.74, 6) is -5.14. The highest BCUT2D eigenvalue weighted by atomic mass is 35.5. The molecule has 5 nitrogen and oxygen atoms in total. The van der Waals surface area contributed by atoms with Crippen molar-refractivity contribution in [2.45, 2.75) is 68.0 Å². The summed E-state index contributed by atoms with van der Waals surface area (Å²) in [7, 11) is -2.74. The van der Waals surface area contributed by atoms with Crippen molar-refractivity contribution in [1.82, 2.24) is 4.72 Å². The quantitative estimate of drug-likeness (QED) is 0.171. The topological polar surface area (TPSA) is 72.5 Å². The third kappa shape index (κ3) is 9.01. The van der Waals surface area contributed by atoms with Crippen molar-refractivity contribution in [2.75, 3.05) is 7.11 Å². The molecule has 0 fully saturated rings. The van der Waals surface area contributed by atoms with Gasteiger partial charge in [0.25, 0.3) is 0 Å². The number of benzene rings is 2. The van der Waals surface area contributed by atoms with Crippen LogP contribution in [0.1, 0.15) is 55.7 Å². The Morgan fingerprint density at radius 2 is 1.58 bits per heavy atom. The van der Waals surface area contributed by atoms with E-state index in [-0.39, 0.29) is 30.1 Å². The summed E-state index contributed by atoms with van der Waals surface area (Å²) < 4.78 is 96.7. The molecule has 0 heterocycles. The number of carbonyl (C=O) groups is 1. The van der Waals surface area contributed by atoms with Crippen molar-refractivity contribution in [1.29, 1.82) is 0 Å². The first-order chi connectivity index (χ1) is 16.7. The van der Waals surface area contributed by atoms with Gasteiger partial charge in [0, 0.05) is 23.9 Å². The molecule has 2 rings (SSSR count). The zero-order chi connectivity index (χ0) is 27.0. The van der Waals surface area contributed by atoms with Gasteiger partial charge in [-0.25, -0.2) is 13.1 Å². The van der Waals surface area contributed by atoms with Gasteiger partial charge in [-0.2, -0.15) is 22.0 Å². The summed E-state index contributed by atoms with van der Waals surface area (Å²) in [6.45, 7) is 0. The van der Waals surface area contributed by atoms with Crippen LogP contribution in [-0.2, 0) is 26.0 Å². The molecular formula is C24H27ClF5NO4S. The maximum atomic E-state index is 13.2. The Kier molecular flexibility index (Phi) is 10.7. The number of methoxy groups -OCH3 is 1. The van der Waals surface area contributed by atoms with E-state index in [1.807, 2.05) is 0 Å². The molecule has 2 aromatic carbocycles. The molecule has 1 atom stereocenters. The van der Waals surface area contributed by atoms with Crippen LogP contribution in [0.3, 0.4) is 0 Å². The van der Waals surface area contributed by atoms with Crippen molar-refractivity contribution in [3.63, 3.8) is 0 Å². The Labute approximate surface area is 212 Å². The molecule has 2 aromatic rings. The molecule has 0 saturated heterocycles. The Morgan fingerprint density at radius 3 is 2.14 bits per heavy atom. The van der Waals surface area contributed by atoms with E-state index >= 15 is 0 Å². The zero-order valence-electron chi connectivity index (χ0n) is 19.5. The average molecular weight is 556 g/mol. The molecular weight excluding hydrogens is 529 g/mol. The Bertz CT molecular complexity index is 1090. The molecule has 0 aliphatic heterocycles. The van der Waals surface area contributed by atoms with Gasteiger partial charge in [-0.05, 0) is 61.1 Å². The molecule has 1 unspecified atom stereocenters. The molecule has 200 valence electrons. The van der Waals surface area contributed by atoms with E-state index in [1.54, 1.807) is 24.3 Å². The van der Waals surface area contributed by atoms with Crippen LogP contribution < -0.4 is 4.72 Å². The molecule has 12 heteroatoms. The predicted octanol–water partition coefficient (Wildman–Crippen LogP) is 6.61. The molecule has 0 amide bonds. The number of rotatable bonds is 13. The molecule has 36 heavy (non-hydrogen) atoms. The number of hydrogen-bond donors (Lipinski definition) is 1. The minimum atomic E-state index is -5.63. The molecule has 1 N–H and O–H groups in total. The van der Waals surface area contributed by atoms with Gasteiger partial charge in [0.1, 0.15) is 0 Å². The van der Waals surface area contributed by atoms with Crippen LogP contribution in [0.15, 0.2) is 53.4 Å². The number of carbonyl (C=O) groups excluding carboxylic acids is 1. The minimum absolute atomic E-state index is 0.00242. The van der Waals surface area contributed by atoms with Crippen molar-refractivity contribution in [2.24, 2.45) is 0 Å². The summed E-state index contributed by atoms with van der Waals surface area (Å²) in [6.07, 6.45) is -6.17. The van der Waals surface area contributed by atoms with Crippen molar-refractivity contribution in [3.8, 4) is 0 Å². The maximum absolute atomic E-state index is 13.2. The lowest BCUT2D eigenvalue weighted by atomic mass is 9.98. The molecule has 0 aliphatic carbocycles. The van der Waals surface area contributed by atoms with Gasteiger partial charge in [-0.1, -0.05) is 42.3 Å². The van der Waals surface area contributed by atoms with Crippen LogP contribution in [0.5, 0.6) is 0 Å². The minimum Gasteiger partial charge on any atom is -0.469 e. The van der Waals surface area contributed by atoms with E-state index in [0.717, 1.165) is 5.56 Å². The third-order valence-electron chi connectivity index (χ3n) is 5.53. The van der Waals surface area contributed by atoms with Crippen molar-refractivity contribution >= 4 is 27.6 Å². The molecule has 0 saturated carbocycles. The van der Waals surface area contributed by atoms with Crippen LogP contribution in [0.2, 0.25) is 5.02 Å². The van der Waals surface area contributed by atoms with Crippen LogP contribution in [0, 0.1) is 0 Å². The highest BCUT2D eigenvalue weighted by molar-refractivity contribution is 7.89. The lowest BCUT2D eigenvalue weighted by Crippen LogP contribution is -2.36. The number of esters is 1. The lowest BCUT2D eigenvalue weighted by molar-refractivity contribution is -0.284. The summed E-state index contributed by atoms with van der Waals surface area (Å²) in [4.78, 5) is 11.2. The number of aryl methyl sites for hydroxylation is 1. The van der Waals surface area contributed by atoms with Gasteiger partial charge in [-0.15, -0.1) is 0 Å². The standard InChI is InChI=1S/C24H27ClF5NO4S/c1-35-22(32)7-4-5-17-8-10-18(11-9-17)21(6-2-3-16-23(26,27)24(28,29)30)31-36(33,34)20-14-12-19(25)13-15-20/h8-15,21,31H,2-7,16H2,1H3. The number of ether oxygens (including phenoxy) is 1. The van der Waals surface area contributed by atoms with E-state index < -0.39 is 41.0 Å². The van der Waals surface area contributed by atoms with Gasteiger partial charge in [0.2, 0.25) is 10.0 Å². The van der Waals surface area contributed by atoms with E-state index in [0.29, 0.717) is 23.4 Å². The van der Waals surface area contributed by atoms with E-state index in [1.165, 1.54) is 31.4 Å². The number of hydrogen-bond acceptors (Lipinski definition) is 4. The SMILES string of the molecule is COC(=O)CCCc1ccc(C(CCCCC(F)(F)C(F)(F)F)NS(=O)(=O)c2ccc(Cl)cc2)cc1. The number of halogens is 6. The monoisotopic (exact) mass is 555 g/mol. The molecule has 0 spiro atoms. The summed E-state index contributed by atoms with van der Waals surface area (Å²) in [5.41, 5.74) is 1.40. The van der Waals surface area contributed by atoms with Crippen LogP contribution in [0.4, 0.5) is 22.0 Å². The first kappa shape index (κ1) is 30.0. The first-order valence-electron chi connectivity index (χ1n) is 11.1. The van der Waals surface area contributed by atoms with Gasteiger partial charge in [0.15, 0.2) is 0 Å². The molecule has 0 bridgehead atoms. The molecule has 0 radical (unpaired) electrons. The summed E-state index contributed by atoms with van der Waals surface area (Å²) in [6, 6.07) is 11.3. The highest BCUT2D eigenvalue weighted by Crippen LogP contribution is 2.39. The van der Waals surface area contributed by atoms with E-state index in [4.69, 9.17) is 11.6 Å². The second-order valence-corrected chi connectivity index (χ2v) is 10.4. The van der Waals surface area contributed by atoms with Gasteiger partial charge in [0.05, 0.1) is 12.0 Å².